The van der Waals surface area contributed by atoms with Crippen LogP contribution in [0, 0.1) is 5.82 Å². The zero-order valence-electron chi connectivity index (χ0n) is 15.0. The molecule has 0 bridgehead atoms. The maximum Gasteiger partial charge on any atom is 0.418 e. The van der Waals surface area contributed by atoms with Crippen LogP contribution in [0.5, 0.6) is 0 Å². The van der Waals surface area contributed by atoms with Crippen LogP contribution in [0.4, 0.5) is 17.6 Å². The number of hydrogen-bond donors (Lipinski definition) is 1. The fourth-order valence-corrected chi connectivity index (χ4v) is 3.37. The number of para-hydroxylation sites is 1. The number of nitrogens with one attached hydrogen (secondary N) is 1. The molecular weight excluding hydrogens is 408 g/mol. The van der Waals surface area contributed by atoms with Gasteiger partial charge in [-0.3, -0.25) is 4.79 Å². The monoisotopic (exact) mass is 424 g/mol. The zero-order chi connectivity index (χ0) is 20.9. The van der Waals surface area contributed by atoms with Crippen LogP contribution in [0.25, 0.3) is 5.69 Å². The quantitative estimate of drug-likeness (QED) is 0.459. The van der Waals surface area contributed by atoms with Crippen LogP contribution in [0.3, 0.4) is 0 Å². The molecule has 2 aromatic carbocycles. The number of alkyl halides is 3. The molecule has 1 aromatic heterocycles. The maximum absolute atomic E-state index is 13.5. The van der Waals surface area contributed by atoms with Crippen molar-refractivity contribution in [3.63, 3.8) is 0 Å². The van der Waals surface area contributed by atoms with Gasteiger partial charge in [0, 0.05) is 18.1 Å². The van der Waals surface area contributed by atoms with E-state index in [9.17, 15) is 22.4 Å². The molecule has 0 aliphatic rings. The average molecular weight is 424 g/mol. The average Bonchev–Trinajstić information content (AvgIpc) is 3.18. The summed E-state index contributed by atoms with van der Waals surface area (Å²) in [5.74, 6) is 0.171. The van der Waals surface area contributed by atoms with E-state index in [1.54, 1.807) is 18.2 Å². The third-order valence-electron chi connectivity index (χ3n) is 3.93. The number of benzene rings is 2. The molecule has 152 valence electrons. The molecule has 29 heavy (non-hydrogen) atoms. The van der Waals surface area contributed by atoms with E-state index >= 15 is 0 Å². The Bertz CT molecular complexity index is 990. The van der Waals surface area contributed by atoms with Crippen molar-refractivity contribution >= 4 is 17.7 Å². The van der Waals surface area contributed by atoms with Crippen LogP contribution in [-0.2, 0) is 11.9 Å². The largest absolute Gasteiger partial charge is 0.418 e. The summed E-state index contributed by atoms with van der Waals surface area (Å²) >= 11 is 1.44. The van der Waals surface area contributed by atoms with Crippen LogP contribution in [0.1, 0.15) is 21.6 Å². The SMILES string of the molecule is O=C(NCCSCc1ccccc1F)c1cn(-c2ccccc2C(F)(F)F)nn1. The minimum Gasteiger partial charge on any atom is -0.350 e. The summed E-state index contributed by atoms with van der Waals surface area (Å²) in [5.41, 5.74) is -0.607. The van der Waals surface area contributed by atoms with Crippen molar-refractivity contribution in [1.82, 2.24) is 20.3 Å². The van der Waals surface area contributed by atoms with Gasteiger partial charge in [0.15, 0.2) is 5.69 Å². The van der Waals surface area contributed by atoms with Gasteiger partial charge in [0.25, 0.3) is 5.91 Å². The highest BCUT2D eigenvalue weighted by molar-refractivity contribution is 7.98. The Kier molecular flexibility index (Phi) is 6.53. The molecule has 3 rings (SSSR count). The second-order valence-corrected chi connectivity index (χ2v) is 7.07. The fraction of sp³-hybridized carbons (Fsp3) is 0.211. The van der Waals surface area contributed by atoms with E-state index in [1.807, 2.05) is 0 Å². The number of rotatable bonds is 7. The molecule has 0 unspecified atom stereocenters. The highest BCUT2D eigenvalue weighted by Gasteiger charge is 2.34. The van der Waals surface area contributed by atoms with Gasteiger partial charge in [0.2, 0.25) is 0 Å². The summed E-state index contributed by atoms with van der Waals surface area (Å²) in [4.78, 5) is 12.1. The van der Waals surface area contributed by atoms with Gasteiger partial charge in [-0.15, -0.1) is 5.10 Å². The molecule has 5 nitrogen and oxygen atoms in total. The first-order chi connectivity index (χ1) is 13.9. The van der Waals surface area contributed by atoms with Gasteiger partial charge >= 0.3 is 6.18 Å². The Labute approximate surface area is 168 Å². The van der Waals surface area contributed by atoms with E-state index in [0.717, 1.165) is 16.9 Å². The molecule has 0 aliphatic heterocycles. The van der Waals surface area contributed by atoms with E-state index in [2.05, 4.69) is 15.6 Å². The number of thioether (sulfide) groups is 1. The first-order valence-corrected chi connectivity index (χ1v) is 9.70. The molecule has 3 aromatic rings. The second-order valence-electron chi connectivity index (χ2n) is 5.96. The molecule has 0 aliphatic carbocycles. The van der Waals surface area contributed by atoms with E-state index in [1.165, 1.54) is 36.0 Å². The van der Waals surface area contributed by atoms with Gasteiger partial charge in [-0.25, -0.2) is 9.07 Å². The molecule has 0 atom stereocenters. The van der Waals surface area contributed by atoms with Crippen LogP contribution in [0.2, 0.25) is 0 Å². The molecule has 0 saturated carbocycles. The van der Waals surface area contributed by atoms with Crippen molar-refractivity contribution in [2.45, 2.75) is 11.9 Å². The van der Waals surface area contributed by atoms with Crippen LogP contribution in [0.15, 0.2) is 54.7 Å². The summed E-state index contributed by atoms with van der Waals surface area (Å²) < 4.78 is 53.8. The van der Waals surface area contributed by atoms with E-state index < -0.39 is 17.6 Å². The van der Waals surface area contributed by atoms with E-state index in [-0.39, 0.29) is 17.2 Å². The molecule has 0 saturated heterocycles. The number of carbonyl (C=O) groups is 1. The molecule has 0 fully saturated rings. The molecule has 1 heterocycles. The maximum atomic E-state index is 13.5. The topological polar surface area (TPSA) is 59.8 Å². The van der Waals surface area contributed by atoms with Crippen LogP contribution >= 0.6 is 11.8 Å². The first kappa shape index (κ1) is 20.8. The van der Waals surface area contributed by atoms with Crippen molar-refractivity contribution in [2.24, 2.45) is 0 Å². The summed E-state index contributed by atoms with van der Waals surface area (Å²) in [6, 6.07) is 11.3. The Hall–Kier alpha value is -2.88. The third-order valence-corrected chi connectivity index (χ3v) is 4.94. The molecule has 10 heteroatoms. The Morgan fingerprint density at radius 1 is 1.10 bits per heavy atom. The van der Waals surface area contributed by atoms with Gasteiger partial charge in [-0.1, -0.05) is 35.5 Å². The second kappa shape index (κ2) is 9.08. The van der Waals surface area contributed by atoms with Gasteiger partial charge in [-0.05, 0) is 23.8 Å². The number of aromatic nitrogens is 3. The predicted octanol–water partition coefficient (Wildman–Crippen LogP) is 4.09. The lowest BCUT2D eigenvalue weighted by molar-refractivity contribution is -0.137. The number of amides is 1. The van der Waals surface area contributed by atoms with Crippen molar-refractivity contribution in [3.8, 4) is 5.69 Å². The highest BCUT2D eigenvalue weighted by atomic mass is 32.2. The zero-order valence-corrected chi connectivity index (χ0v) is 15.8. The molecule has 0 radical (unpaired) electrons. The van der Waals surface area contributed by atoms with Crippen molar-refractivity contribution in [1.29, 1.82) is 0 Å². The standard InChI is InChI=1S/C19H16F4N4OS/c20-15-7-3-1-5-13(15)12-29-10-9-24-18(28)16-11-27(26-25-16)17-8-4-2-6-14(17)19(21,22)23/h1-8,11H,9-10,12H2,(H,24,28). The lowest BCUT2D eigenvalue weighted by Crippen LogP contribution is -2.26. The summed E-state index contributed by atoms with van der Waals surface area (Å²) in [6.07, 6.45) is -3.41. The molecule has 1 N–H and O–H groups in total. The minimum atomic E-state index is -4.56. The molecule has 0 spiro atoms. The number of halogens is 4. The van der Waals surface area contributed by atoms with E-state index in [4.69, 9.17) is 0 Å². The van der Waals surface area contributed by atoms with E-state index in [0.29, 0.717) is 23.6 Å². The Morgan fingerprint density at radius 2 is 1.83 bits per heavy atom. The first-order valence-electron chi connectivity index (χ1n) is 8.54. The van der Waals surface area contributed by atoms with Gasteiger partial charge < -0.3 is 5.32 Å². The lowest BCUT2D eigenvalue weighted by atomic mass is 10.1. The fourth-order valence-electron chi connectivity index (χ4n) is 2.52. The minimum absolute atomic E-state index is 0.0962. The third kappa shape index (κ3) is 5.35. The van der Waals surface area contributed by atoms with Gasteiger partial charge in [-0.2, -0.15) is 24.9 Å². The number of hydrogen-bond acceptors (Lipinski definition) is 4. The smallest absolute Gasteiger partial charge is 0.350 e. The highest BCUT2D eigenvalue weighted by Crippen LogP contribution is 2.33. The van der Waals surface area contributed by atoms with Gasteiger partial charge in [0.1, 0.15) is 5.82 Å². The molecule has 1 amide bonds. The normalized spacial score (nSPS) is 11.4. The summed E-state index contributed by atoms with van der Waals surface area (Å²) in [5, 5.41) is 9.90. The summed E-state index contributed by atoms with van der Waals surface area (Å²) in [7, 11) is 0. The molecular formula is C19H16F4N4OS. The van der Waals surface area contributed by atoms with Crippen LogP contribution in [-0.4, -0.2) is 33.2 Å². The summed E-state index contributed by atoms with van der Waals surface area (Å²) in [6.45, 7) is 0.296. The van der Waals surface area contributed by atoms with Crippen LogP contribution < -0.4 is 5.32 Å². The lowest BCUT2D eigenvalue weighted by Gasteiger charge is -2.11. The number of carbonyl (C=O) groups excluding carboxylic acids is 1. The Morgan fingerprint density at radius 3 is 2.59 bits per heavy atom. The number of nitrogens with zero attached hydrogens (tertiary/aromatic N) is 3. The van der Waals surface area contributed by atoms with Gasteiger partial charge in [0.05, 0.1) is 17.4 Å². The van der Waals surface area contributed by atoms with Crippen molar-refractivity contribution in [2.75, 3.05) is 12.3 Å². The Balaban J connectivity index is 1.55. The van der Waals surface area contributed by atoms with Crippen molar-refractivity contribution < 1.29 is 22.4 Å². The van der Waals surface area contributed by atoms with Crippen molar-refractivity contribution in [3.05, 3.63) is 77.4 Å². The predicted molar refractivity (Wildman–Crippen MR) is 101 cm³/mol.